The second-order valence-corrected chi connectivity index (χ2v) is 14.1. The lowest BCUT2D eigenvalue weighted by molar-refractivity contribution is -0.704. The molecule has 0 bridgehead atoms. The molecule has 0 saturated carbocycles. The molecule has 0 aliphatic rings. The smallest absolute Gasteiger partial charge is 0.234 e. The number of hydrogen-bond donors (Lipinski definition) is 0. The van der Waals surface area contributed by atoms with Gasteiger partial charge in [-0.15, -0.1) is 0 Å². The van der Waals surface area contributed by atoms with Gasteiger partial charge in [0.05, 0.1) is 13.1 Å². The molecule has 1 rings (SSSR count). The van der Waals surface area contributed by atoms with Crippen molar-refractivity contribution < 1.29 is 4.57 Å². The molecule has 1 aromatic rings. The van der Waals surface area contributed by atoms with Crippen molar-refractivity contribution in [3.63, 3.8) is 0 Å². The third-order valence-electron chi connectivity index (χ3n) is 9.85. The van der Waals surface area contributed by atoms with Gasteiger partial charge in [-0.1, -0.05) is 194 Å². The summed E-state index contributed by atoms with van der Waals surface area (Å²) < 4.78 is 5.24. The van der Waals surface area contributed by atoms with E-state index in [1.807, 2.05) is 0 Å². The maximum Gasteiger partial charge on any atom is 0.256 e. The number of aromatic nitrogens is 2. The van der Waals surface area contributed by atoms with Gasteiger partial charge >= 0.3 is 0 Å². The van der Waals surface area contributed by atoms with Crippen LogP contribution in [0.2, 0.25) is 0 Å². The van der Waals surface area contributed by atoms with E-state index in [4.69, 9.17) is 0 Å². The van der Waals surface area contributed by atoms with Crippen LogP contribution in [0.3, 0.4) is 0 Å². The number of nitrogens with zero attached hydrogens (tertiary/aromatic N) is 2. The fourth-order valence-electron chi connectivity index (χ4n) is 6.86. The topological polar surface area (TPSA) is 8.81 Å². The first kappa shape index (κ1) is 40.2. The zero-order valence-corrected chi connectivity index (χ0v) is 30.3. The summed E-state index contributed by atoms with van der Waals surface area (Å²) in [7, 11) is 0. The van der Waals surface area contributed by atoms with Gasteiger partial charge in [-0.25, -0.2) is 9.13 Å². The predicted octanol–water partition coefficient (Wildman–Crippen LogP) is 13.9. The van der Waals surface area contributed by atoms with E-state index in [-0.39, 0.29) is 0 Å². The van der Waals surface area contributed by atoms with Crippen LogP contribution in [0, 0.1) is 0 Å². The summed E-state index contributed by atoms with van der Waals surface area (Å²) in [6.45, 7) is 9.41. The molecule has 0 amide bonds. The lowest BCUT2D eigenvalue weighted by Gasteiger charge is -2.07. The zero-order chi connectivity index (χ0) is 30.9. The molecule has 43 heavy (non-hydrogen) atoms. The van der Waals surface area contributed by atoms with E-state index in [0.717, 1.165) is 0 Å². The van der Waals surface area contributed by atoms with Crippen molar-refractivity contribution in [1.82, 2.24) is 4.57 Å². The summed E-state index contributed by atoms with van der Waals surface area (Å²) in [6, 6.07) is 0. The Morgan fingerprint density at radius 1 is 0.395 bits per heavy atom. The summed E-state index contributed by atoms with van der Waals surface area (Å²) in [4.78, 5) is 0. The lowest BCUT2D eigenvalue weighted by Crippen LogP contribution is -2.37. The summed E-state index contributed by atoms with van der Waals surface area (Å²) >= 11 is 0. The Hall–Kier alpha value is -0.790. The summed E-state index contributed by atoms with van der Waals surface area (Å²) in [5.74, 6) is 1.61. The van der Waals surface area contributed by atoms with Gasteiger partial charge < -0.3 is 0 Å². The zero-order valence-electron chi connectivity index (χ0n) is 30.3. The molecule has 0 radical (unpaired) electrons. The van der Waals surface area contributed by atoms with Crippen LogP contribution in [0.25, 0.3) is 0 Å². The third-order valence-corrected chi connectivity index (χ3v) is 9.85. The molecule has 1 heterocycles. The van der Waals surface area contributed by atoms with Gasteiger partial charge in [-0.05, 0) is 32.1 Å². The van der Waals surface area contributed by atoms with Crippen molar-refractivity contribution in [1.29, 1.82) is 0 Å². The molecular weight excluding hydrogens is 520 g/mol. The monoisotopic (exact) mass is 602 g/mol. The minimum absolute atomic E-state index is 1.23. The van der Waals surface area contributed by atoms with Crippen LogP contribution in [-0.2, 0) is 19.5 Å². The van der Waals surface area contributed by atoms with Gasteiger partial charge in [-0.2, -0.15) is 0 Å². The minimum Gasteiger partial charge on any atom is -0.234 e. The highest BCUT2D eigenvalue weighted by Crippen LogP contribution is 2.15. The van der Waals surface area contributed by atoms with Crippen molar-refractivity contribution in [3.8, 4) is 0 Å². The summed E-state index contributed by atoms with van der Waals surface area (Å²) in [5.41, 5.74) is 0. The summed E-state index contributed by atoms with van der Waals surface area (Å²) in [6.07, 6.45) is 51.9. The fraction of sp³-hybridized carbons (Fsp3) is 0.927. The van der Waals surface area contributed by atoms with Gasteiger partial charge in [0, 0.05) is 6.42 Å². The van der Waals surface area contributed by atoms with Crippen molar-refractivity contribution in [2.75, 3.05) is 0 Å². The Bertz CT molecular complexity index is 663. The van der Waals surface area contributed by atoms with E-state index in [9.17, 15) is 0 Å². The van der Waals surface area contributed by atoms with Gasteiger partial charge in [-0.3, -0.25) is 0 Å². The van der Waals surface area contributed by atoms with Gasteiger partial charge in [0.25, 0.3) is 5.82 Å². The SMILES string of the molecule is CCCCCCCCCCCCCCCCC[n+]1ccn(CCCCCCCCCCCCCCC)c1CCCCCC. The fourth-order valence-corrected chi connectivity index (χ4v) is 6.86. The molecule has 0 aliphatic carbocycles. The Kier molecular flexibility index (Phi) is 30.5. The van der Waals surface area contributed by atoms with E-state index in [2.05, 4.69) is 42.3 Å². The molecule has 0 saturated heterocycles. The highest BCUT2D eigenvalue weighted by atomic mass is 15.1. The number of rotatable bonds is 35. The van der Waals surface area contributed by atoms with Crippen LogP contribution in [-0.4, -0.2) is 4.57 Å². The molecule has 254 valence electrons. The molecule has 2 nitrogen and oxygen atoms in total. The Balaban J connectivity index is 2.14. The molecule has 0 aromatic carbocycles. The van der Waals surface area contributed by atoms with E-state index in [1.165, 1.54) is 225 Å². The largest absolute Gasteiger partial charge is 0.256 e. The van der Waals surface area contributed by atoms with Crippen molar-refractivity contribution in [3.05, 3.63) is 18.2 Å². The Morgan fingerprint density at radius 2 is 0.721 bits per heavy atom. The maximum absolute atomic E-state index is 2.62. The normalized spacial score (nSPS) is 11.6. The maximum atomic E-state index is 2.62. The number of imidazole rings is 1. The van der Waals surface area contributed by atoms with Crippen molar-refractivity contribution >= 4 is 0 Å². The van der Waals surface area contributed by atoms with E-state index in [0.29, 0.717) is 0 Å². The van der Waals surface area contributed by atoms with Crippen LogP contribution in [0.4, 0.5) is 0 Å². The van der Waals surface area contributed by atoms with E-state index < -0.39 is 0 Å². The average molecular weight is 602 g/mol. The van der Waals surface area contributed by atoms with E-state index >= 15 is 0 Å². The van der Waals surface area contributed by atoms with Gasteiger partial charge in [0.1, 0.15) is 12.4 Å². The van der Waals surface area contributed by atoms with Crippen LogP contribution in [0.1, 0.15) is 232 Å². The molecule has 0 aliphatic heterocycles. The number of hydrogen-bond acceptors (Lipinski definition) is 0. The van der Waals surface area contributed by atoms with E-state index in [1.54, 1.807) is 5.82 Å². The molecule has 0 atom stereocenters. The molecule has 0 unspecified atom stereocenters. The second-order valence-electron chi connectivity index (χ2n) is 14.1. The first-order valence-corrected chi connectivity index (χ1v) is 20.4. The molecule has 1 aromatic heterocycles. The van der Waals surface area contributed by atoms with Crippen LogP contribution >= 0.6 is 0 Å². The molecule has 0 spiro atoms. The van der Waals surface area contributed by atoms with Crippen LogP contribution < -0.4 is 4.57 Å². The molecular formula is C41H81N2+. The lowest BCUT2D eigenvalue weighted by atomic mass is 10.0. The molecule has 0 fully saturated rings. The third kappa shape index (κ3) is 25.1. The Morgan fingerprint density at radius 3 is 1.12 bits per heavy atom. The first-order chi connectivity index (χ1) is 21.3. The molecule has 0 N–H and O–H groups in total. The van der Waals surface area contributed by atoms with Crippen LogP contribution in [0.15, 0.2) is 12.4 Å². The summed E-state index contributed by atoms with van der Waals surface area (Å²) in [5, 5.41) is 0. The van der Waals surface area contributed by atoms with Crippen molar-refractivity contribution in [2.45, 2.75) is 246 Å². The first-order valence-electron chi connectivity index (χ1n) is 20.4. The van der Waals surface area contributed by atoms with Crippen molar-refractivity contribution in [2.24, 2.45) is 0 Å². The quantitative estimate of drug-likeness (QED) is 0.0540. The molecule has 2 heteroatoms. The predicted molar refractivity (Wildman–Crippen MR) is 193 cm³/mol. The average Bonchev–Trinajstić information content (AvgIpc) is 3.40. The second kappa shape index (κ2) is 32.6. The highest BCUT2D eigenvalue weighted by Gasteiger charge is 2.16. The highest BCUT2D eigenvalue weighted by molar-refractivity contribution is 4.84. The minimum atomic E-state index is 1.23. The Labute approximate surface area is 272 Å². The number of unbranched alkanes of at least 4 members (excludes halogenated alkanes) is 29. The van der Waals surface area contributed by atoms with Crippen LogP contribution in [0.5, 0.6) is 0 Å². The number of aryl methyl sites for hydroxylation is 2. The van der Waals surface area contributed by atoms with Gasteiger partial charge in [0.2, 0.25) is 0 Å². The standard InChI is InChI=1S/C41H81N2/c1-4-7-10-13-15-17-19-21-22-24-26-28-30-32-35-38-43-40-39-42(41(43)36-33-12-9-6-3)37-34-31-29-27-25-23-20-18-16-14-11-8-5-2/h39-40H,4-38H2,1-3H3/q+1. The van der Waals surface area contributed by atoms with Gasteiger partial charge in [0.15, 0.2) is 0 Å².